The number of rotatable bonds is 5. The summed E-state index contributed by atoms with van der Waals surface area (Å²) in [5.74, 6) is 0.354. The van der Waals surface area contributed by atoms with Crippen LogP contribution in [0.5, 0.6) is 5.75 Å². The quantitative estimate of drug-likeness (QED) is 0.615. The summed E-state index contributed by atoms with van der Waals surface area (Å²) in [5, 5.41) is 7.13. The lowest BCUT2D eigenvalue weighted by Gasteiger charge is -2.12. The molecule has 132 valence electrons. The van der Waals surface area contributed by atoms with Gasteiger partial charge in [0.2, 0.25) is 0 Å². The van der Waals surface area contributed by atoms with Gasteiger partial charge in [-0.15, -0.1) is 0 Å². The van der Waals surface area contributed by atoms with Gasteiger partial charge in [0.25, 0.3) is 5.91 Å². The molecule has 0 saturated heterocycles. The number of methoxy groups -OCH3 is 1. The van der Waals surface area contributed by atoms with Crippen LogP contribution < -0.4 is 15.4 Å². The van der Waals surface area contributed by atoms with Crippen LogP contribution in [-0.2, 0) is 0 Å². The normalized spacial score (nSPS) is 10.3. The van der Waals surface area contributed by atoms with Crippen molar-refractivity contribution in [2.24, 2.45) is 0 Å². The first kappa shape index (κ1) is 18.0. The number of carbonyl (C=O) groups is 1. The van der Waals surface area contributed by atoms with E-state index in [9.17, 15) is 4.79 Å². The molecule has 7 heteroatoms. The van der Waals surface area contributed by atoms with Crippen LogP contribution in [0.15, 0.2) is 60.9 Å². The monoisotopic (exact) mass is 387 g/mol. The molecule has 0 fully saturated rings. The van der Waals surface area contributed by atoms with E-state index in [4.69, 9.17) is 27.9 Å². The predicted molar refractivity (Wildman–Crippen MR) is 105 cm³/mol. The first-order chi connectivity index (χ1) is 12.5. The summed E-state index contributed by atoms with van der Waals surface area (Å²) in [6.07, 6.45) is 3.10. The first-order valence-corrected chi connectivity index (χ1v) is 8.43. The van der Waals surface area contributed by atoms with Crippen LogP contribution in [0.3, 0.4) is 0 Å². The fraction of sp³-hybridized carbons (Fsp3) is 0.0526. The molecule has 1 amide bonds. The van der Waals surface area contributed by atoms with Crippen LogP contribution in [0.4, 0.5) is 17.1 Å². The van der Waals surface area contributed by atoms with Crippen molar-refractivity contribution >= 4 is 46.2 Å². The Morgan fingerprint density at radius 2 is 1.69 bits per heavy atom. The molecule has 0 unspecified atom stereocenters. The average Bonchev–Trinajstić information content (AvgIpc) is 2.64. The Morgan fingerprint density at radius 1 is 0.962 bits per heavy atom. The molecule has 2 aromatic carbocycles. The maximum absolute atomic E-state index is 12.4. The van der Waals surface area contributed by atoms with Gasteiger partial charge in [0, 0.05) is 21.9 Å². The third-order valence-corrected chi connectivity index (χ3v) is 4.03. The van der Waals surface area contributed by atoms with E-state index in [2.05, 4.69) is 15.6 Å². The SMILES string of the molecule is COc1ccc(Cl)cc1Nc1cncc(C(=O)Nc2ccc(Cl)cc2)c1. The minimum absolute atomic E-state index is 0.276. The summed E-state index contributed by atoms with van der Waals surface area (Å²) in [6, 6.07) is 13.8. The van der Waals surface area contributed by atoms with E-state index in [-0.39, 0.29) is 5.91 Å². The zero-order valence-corrected chi connectivity index (χ0v) is 15.3. The molecular weight excluding hydrogens is 373 g/mol. The maximum atomic E-state index is 12.4. The molecule has 0 aliphatic rings. The number of nitrogens with zero attached hydrogens (tertiary/aromatic N) is 1. The molecule has 0 aliphatic heterocycles. The Labute approximate surface area is 160 Å². The molecule has 26 heavy (non-hydrogen) atoms. The number of anilines is 3. The number of aromatic nitrogens is 1. The van der Waals surface area contributed by atoms with Crippen LogP contribution in [0.25, 0.3) is 0 Å². The highest BCUT2D eigenvalue weighted by atomic mass is 35.5. The third-order valence-electron chi connectivity index (χ3n) is 3.54. The fourth-order valence-corrected chi connectivity index (χ4v) is 2.60. The highest BCUT2D eigenvalue weighted by Crippen LogP contribution is 2.30. The van der Waals surface area contributed by atoms with Gasteiger partial charge in [0.05, 0.1) is 30.2 Å². The third kappa shape index (κ3) is 4.45. The number of pyridine rings is 1. The molecule has 1 aromatic heterocycles. The largest absolute Gasteiger partial charge is 0.495 e. The van der Waals surface area contributed by atoms with E-state index in [1.54, 1.807) is 61.8 Å². The van der Waals surface area contributed by atoms with Gasteiger partial charge in [-0.2, -0.15) is 0 Å². The smallest absolute Gasteiger partial charge is 0.257 e. The number of hydrogen-bond donors (Lipinski definition) is 2. The molecule has 1 heterocycles. The van der Waals surface area contributed by atoms with Gasteiger partial charge in [0.15, 0.2) is 0 Å². The summed E-state index contributed by atoms with van der Waals surface area (Å²) in [4.78, 5) is 16.5. The van der Waals surface area contributed by atoms with Crippen molar-refractivity contribution in [2.75, 3.05) is 17.7 Å². The second-order valence-corrected chi connectivity index (χ2v) is 6.27. The molecule has 5 nitrogen and oxygen atoms in total. The van der Waals surface area contributed by atoms with E-state index in [0.717, 1.165) is 0 Å². The molecule has 0 atom stereocenters. The van der Waals surface area contributed by atoms with Gasteiger partial charge in [-0.25, -0.2) is 0 Å². The van der Waals surface area contributed by atoms with E-state index in [0.29, 0.717) is 38.4 Å². The molecule has 0 spiro atoms. The lowest BCUT2D eigenvalue weighted by Crippen LogP contribution is -2.12. The summed E-state index contributed by atoms with van der Waals surface area (Å²) < 4.78 is 5.31. The van der Waals surface area contributed by atoms with Crippen molar-refractivity contribution in [1.29, 1.82) is 0 Å². The van der Waals surface area contributed by atoms with Crippen molar-refractivity contribution in [3.63, 3.8) is 0 Å². The molecule has 0 bridgehead atoms. The fourth-order valence-electron chi connectivity index (χ4n) is 2.30. The molecule has 3 aromatic rings. The van der Waals surface area contributed by atoms with Gasteiger partial charge in [-0.1, -0.05) is 23.2 Å². The van der Waals surface area contributed by atoms with Crippen molar-refractivity contribution < 1.29 is 9.53 Å². The Morgan fingerprint density at radius 3 is 2.42 bits per heavy atom. The van der Waals surface area contributed by atoms with Crippen LogP contribution >= 0.6 is 23.2 Å². The second kappa shape index (κ2) is 8.08. The minimum Gasteiger partial charge on any atom is -0.495 e. The number of halogens is 2. The van der Waals surface area contributed by atoms with Crippen LogP contribution in [-0.4, -0.2) is 18.0 Å². The Bertz CT molecular complexity index is 930. The number of nitrogens with one attached hydrogen (secondary N) is 2. The number of amides is 1. The Balaban J connectivity index is 1.79. The molecular formula is C19H15Cl2N3O2. The Hall–Kier alpha value is -2.76. The van der Waals surface area contributed by atoms with E-state index in [1.165, 1.54) is 6.20 Å². The van der Waals surface area contributed by atoms with E-state index >= 15 is 0 Å². The van der Waals surface area contributed by atoms with Gasteiger partial charge in [0.1, 0.15) is 5.75 Å². The highest BCUT2D eigenvalue weighted by molar-refractivity contribution is 6.31. The second-order valence-electron chi connectivity index (χ2n) is 5.39. The number of carbonyl (C=O) groups excluding carboxylic acids is 1. The van der Waals surface area contributed by atoms with Crippen LogP contribution in [0.1, 0.15) is 10.4 Å². The standard InChI is InChI=1S/C19H15Cl2N3O2/c1-26-18-7-4-14(21)9-17(18)23-16-8-12(10-22-11-16)19(25)24-15-5-2-13(20)3-6-15/h2-11,23H,1H3,(H,24,25). The number of ether oxygens (including phenoxy) is 1. The van der Waals surface area contributed by atoms with Gasteiger partial charge in [-0.05, 0) is 48.5 Å². The molecule has 0 saturated carbocycles. The van der Waals surface area contributed by atoms with Crippen molar-refractivity contribution in [2.45, 2.75) is 0 Å². The predicted octanol–water partition coefficient (Wildman–Crippen LogP) is 5.39. The lowest BCUT2D eigenvalue weighted by atomic mass is 10.2. The first-order valence-electron chi connectivity index (χ1n) is 7.67. The topological polar surface area (TPSA) is 63.2 Å². The van der Waals surface area contributed by atoms with Gasteiger partial charge >= 0.3 is 0 Å². The summed E-state index contributed by atoms with van der Waals surface area (Å²) in [7, 11) is 1.57. The number of benzene rings is 2. The molecule has 0 radical (unpaired) electrons. The zero-order valence-electron chi connectivity index (χ0n) is 13.8. The van der Waals surface area contributed by atoms with Gasteiger partial charge < -0.3 is 15.4 Å². The zero-order chi connectivity index (χ0) is 18.5. The summed E-state index contributed by atoms with van der Waals surface area (Å²) >= 11 is 11.9. The van der Waals surface area contributed by atoms with E-state index in [1.807, 2.05) is 0 Å². The highest BCUT2D eigenvalue weighted by Gasteiger charge is 2.10. The van der Waals surface area contributed by atoms with Crippen LogP contribution in [0.2, 0.25) is 10.0 Å². The van der Waals surface area contributed by atoms with Crippen molar-refractivity contribution in [1.82, 2.24) is 4.98 Å². The average molecular weight is 388 g/mol. The van der Waals surface area contributed by atoms with Crippen LogP contribution in [0, 0.1) is 0 Å². The van der Waals surface area contributed by atoms with Crippen molar-refractivity contribution in [3.05, 3.63) is 76.5 Å². The minimum atomic E-state index is -0.276. The molecule has 3 rings (SSSR count). The summed E-state index contributed by atoms with van der Waals surface area (Å²) in [5.41, 5.74) is 2.37. The van der Waals surface area contributed by atoms with Crippen molar-refractivity contribution in [3.8, 4) is 5.75 Å². The Kier molecular flexibility index (Phi) is 5.61. The number of hydrogen-bond acceptors (Lipinski definition) is 4. The molecule has 2 N–H and O–H groups in total. The van der Waals surface area contributed by atoms with E-state index < -0.39 is 0 Å². The maximum Gasteiger partial charge on any atom is 0.257 e. The van der Waals surface area contributed by atoms with Gasteiger partial charge in [-0.3, -0.25) is 9.78 Å². The lowest BCUT2D eigenvalue weighted by molar-refractivity contribution is 0.102. The molecule has 0 aliphatic carbocycles. The summed E-state index contributed by atoms with van der Waals surface area (Å²) in [6.45, 7) is 0.